The van der Waals surface area contributed by atoms with Crippen LogP contribution in [0.4, 0.5) is 0 Å². The van der Waals surface area contributed by atoms with Gasteiger partial charge in [0, 0.05) is 0 Å². The molecule has 12 heavy (non-hydrogen) atoms. The van der Waals surface area contributed by atoms with Crippen molar-refractivity contribution in [1.82, 2.24) is 5.32 Å². The van der Waals surface area contributed by atoms with Gasteiger partial charge in [0.1, 0.15) is 0 Å². The smallest absolute Gasteiger partial charge is 0.00461 e. The Morgan fingerprint density at radius 2 is 1.67 bits per heavy atom. The molecule has 1 N–H and O–H groups in total. The molecule has 0 atom stereocenters. The molecular weight excluding hydrogens is 146 g/mol. The van der Waals surface area contributed by atoms with Crippen molar-refractivity contribution >= 4 is 0 Å². The molecule has 1 saturated carbocycles. The zero-order valence-corrected chi connectivity index (χ0v) is 8.23. The van der Waals surface area contributed by atoms with Crippen molar-refractivity contribution < 1.29 is 0 Å². The van der Waals surface area contributed by atoms with Crippen LogP contribution in [-0.2, 0) is 0 Å². The second kappa shape index (κ2) is 3.37. The fourth-order valence-corrected chi connectivity index (χ4v) is 3.11. The van der Waals surface area contributed by atoms with Crippen molar-refractivity contribution in [3.63, 3.8) is 0 Å². The molecule has 1 aliphatic heterocycles. The van der Waals surface area contributed by atoms with Crippen molar-refractivity contribution in [1.29, 1.82) is 0 Å². The number of piperidine rings is 1. The summed E-state index contributed by atoms with van der Waals surface area (Å²) in [5.41, 5.74) is 0.724. The Kier molecular flexibility index (Phi) is 2.40. The summed E-state index contributed by atoms with van der Waals surface area (Å²) in [7, 11) is 0. The molecule has 1 heterocycles. The lowest BCUT2D eigenvalue weighted by molar-refractivity contribution is 0.151. The SMILES string of the molecule is CC1(C2CCNCC2)CCCC1. The fraction of sp³-hybridized carbons (Fsp3) is 1.00. The molecule has 1 aliphatic carbocycles. The van der Waals surface area contributed by atoms with Gasteiger partial charge in [-0.2, -0.15) is 0 Å². The summed E-state index contributed by atoms with van der Waals surface area (Å²) in [6.07, 6.45) is 8.82. The van der Waals surface area contributed by atoms with Crippen LogP contribution in [0, 0.1) is 11.3 Å². The summed E-state index contributed by atoms with van der Waals surface area (Å²) in [5.74, 6) is 1.03. The molecule has 0 radical (unpaired) electrons. The van der Waals surface area contributed by atoms with Crippen LogP contribution in [0.15, 0.2) is 0 Å². The number of hydrogen-bond donors (Lipinski definition) is 1. The molecule has 0 unspecified atom stereocenters. The van der Waals surface area contributed by atoms with Crippen LogP contribution in [0.2, 0.25) is 0 Å². The molecule has 1 heteroatoms. The molecule has 0 amide bonds. The third-order valence-electron chi connectivity index (χ3n) is 4.07. The first-order chi connectivity index (χ1) is 5.81. The second-order valence-electron chi connectivity index (χ2n) is 4.89. The lowest BCUT2D eigenvalue weighted by Crippen LogP contribution is -2.35. The van der Waals surface area contributed by atoms with Crippen molar-refractivity contribution in [2.24, 2.45) is 11.3 Å². The van der Waals surface area contributed by atoms with E-state index < -0.39 is 0 Å². The lowest BCUT2D eigenvalue weighted by atomic mass is 9.71. The Morgan fingerprint density at radius 3 is 2.25 bits per heavy atom. The number of rotatable bonds is 1. The van der Waals surface area contributed by atoms with Crippen molar-refractivity contribution in [3.05, 3.63) is 0 Å². The maximum absolute atomic E-state index is 3.46. The second-order valence-corrected chi connectivity index (χ2v) is 4.89. The first kappa shape index (κ1) is 8.55. The molecule has 1 nitrogen and oxygen atoms in total. The summed E-state index contributed by atoms with van der Waals surface area (Å²) in [6.45, 7) is 5.05. The summed E-state index contributed by atoms with van der Waals surface area (Å²) in [4.78, 5) is 0. The van der Waals surface area contributed by atoms with E-state index >= 15 is 0 Å². The molecule has 0 aromatic rings. The van der Waals surface area contributed by atoms with Gasteiger partial charge < -0.3 is 5.32 Å². The minimum absolute atomic E-state index is 0.724. The van der Waals surface area contributed by atoms with Crippen LogP contribution in [-0.4, -0.2) is 13.1 Å². The van der Waals surface area contributed by atoms with Crippen molar-refractivity contribution in [3.8, 4) is 0 Å². The van der Waals surface area contributed by atoms with E-state index in [4.69, 9.17) is 0 Å². The molecule has 2 aliphatic rings. The monoisotopic (exact) mass is 167 g/mol. The van der Waals surface area contributed by atoms with E-state index in [1.54, 1.807) is 0 Å². The van der Waals surface area contributed by atoms with Crippen LogP contribution in [0.3, 0.4) is 0 Å². The predicted molar refractivity (Wildman–Crippen MR) is 52.2 cm³/mol. The van der Waals surface area contributed by atoms with Crippen LogP contribution in [0.25, 0.3) is 0 Å². The standard InChI is InChI=1S/C11H21N/c1-11(6-2-3-7-11)10-4-8-12-9-5-10/h10,12H,2-9H2,1H3. The molecule has 0 aromatic carbocycles. The van der Waals surface area contributed by atoms with Crippen LogP contribution >= 0.6 is 0 Å². The average molecular weight is 167 g/mol. The Labute approximate surface area is 75.9 Å². The summed E-state index contributed by atoms with van der Waals surface area (Å²) in [6, 6.07) is 0. The topological polar surface area (TPSA) is 12.0 Å². The van der Waals surface area contributed by atoms with E-state index in [1.165, 1.54) is 51.6 Å². The first-order valence-electron chi connectivity index (χ1n) is 5.52. The van der Waals surface area contributed by atoms with Gasteiger partial charge in [-0.25, -0.2) is 0 Å². The predicted octanol–water partition coefficient (Wildman–Crippen LogP) is 2.57. The minimum Gasteiger partial charge on any atom is -0.317 e. The van der Waals surface area contributed by atoms with E-state index in [-0.39, 0.29) is 0 Å². The van der Waals surface area contributed by atoms with Gasteiger partial charge in [0.15, 0.2) is 0 Å². The van der Waals surface area contributed by atoms with E-state index in [0.717, 1.165) is 11.3 Å². The van der Waals surface area contributed by atoms with Crippen LogP contribution < -0.4 is 5.32 Å². The van der Waals surface area contributed by atoms with Crippen molar-refractivity contribution in [2.75, 3.05) is 13.1 Å². The highest BCUT2D eigenvalue weighted by Crippen LogP contribution is 2.46. The zero-order valence-electron chi connectivity index (χ0n) is 8.23. The summed E-state index contributed by atoms with van der Waals surface area (Å²) < 4.78 is 0. The highest BCUT2D eigenvalue weighted by atomic mass is 14.9. The van der Waals surface area contributed by atoms with Gasteiger partial charge in [0.2, 0.25) is 0 Å². The Morgan fingerprint density at radius 1 is 1.08 bits per heavy atom. The van der Waals surface area contributed by atoms with E-state index in [2.05, 4.69) is 12.2 Å². The lowest BCUT2D eigenvalue weighted by Gasteiger charge is -2.37. The molecule has 0 spiro atoms. The summed E-state index contributed by atoms with van der Waals surface area (Å²) >= 11 is 0. The molecule has 2 fully saturated rings. The third-order valence-corrected chi connectivity index (χ3v) is 4.07. The van der Waals surface area contributed by atoms with Gasteiger partial charge in [0.25, 0.3) is 0 Å². The van der Waals surface area contributed by atoms with E-state index in [9.17, 15) is 0 Å². The average Bonchev–Trinajstić information content (AvgIpc) is 2.55. The number of nitrogens with one attached hydrogen (secondary N) is 1. The molecular formula is C11H21N. The Bertz CT molecular complexity index is 141. The minimum atomic E-state index is 0.724. The van der Waals surface area contributed by atoms with Crippen LogP contribution in [0.5, 0.6) is 0 Å². The van der Waals surface area contributed by atoms with E-state index in [1.807, 2.05) is 0 Å². The van der Waals surface area contributed by atoms with Crippen LogP contribution in [0.1, 0.15) is 45.4 Å². The largest absolute Gasteiger partial charge is 0.317 e. The summed E-state index contributed by atoms with van der Waals surface area (Å²) in [5, 5.41) is 3.46. The van der Waals surface area contributed by atoms with E-state index in [0.29, 0.717) is 0 Å². The zero-order chi connectivity index (χ0) is 8.44. The highest BCUT2D eigenvalue weighted by Gasteiger charge is 2.36. The van der Waals surface area contributed by atoms with Gasteiger partial charge in [-0.05, 0) is 50.1 Å². The van der Waals surface area contributed by atoms with Gasteiger partial charge in [-0.3, -0.25) is 0 Å². The maximum atomic E-state index is 3.46. The van der Waals surface area contributed by atoms with Gasteiger partial charge >= 0.3 is 0 Å². The molecule has 1 saturated heterocycles. The van der Waals surface area contributed by atoms with Gasteiger partial charge in [-0.15, -0.1) is 0 Å². The molecule has 70 valence electrons. The molecule has 0 bridgehead atoms. The molecule has 0 aromatic heterocycles. The fourth-order valence-electron chi connectivity index (χ4n) is 3.11. The molecule has 2 rings (SSSR count). The highest BCUT2D eigenvalue weighted by molar-refractivity contribution is 4.88. The maximum Gasteiger partial charge on any atom is -0.00461 e. The Balaban J connectivity index is 1.96. The number of hydrogen-bond acceptors (Lipinski definition) is 1. The van der Waals surface area contributed by atoms with Gasteiger partial charge in [0.05, 0.1) is 0 Å². The van der Waals surface area contributed by atoms with Crippen molar-refractivity contribution in [2.45, 2.75) is 45.4 Å². The van der Waals surface area contributed by atoms with Gasteiger partial charge in [-0.1, -0.05) is 19.8 Å². The third kappa shape index (κ3) is 1.52. The normalized spacial score (nSPS) is 30.8. The quantitative estimate of drug-likeness (QED) is 0.633. The Hall–Kier alpha value is -0.0400. The first-order valence-corrected chi connectivity index (χ1v) is 5.52.